The van der Waals surface area contributed by atoms with E-state index in [4.69, 9.17) is 4.74 Å². The maximum absolute atomic E-state index is 15.2. The number of amides is 1. The third-order valence-corrected chi connectivity index (χ3v) is 7.05. The van der Waals surface area contributed by atoms with Crippen molar-refractivity contribution in [3.8, 4) is 11.1 Å². The van der Waals surface area contributed by atoms with Crippen LogP contribution in [0.15, 0.2) is 66.3 Å². The van der Waals surface area contributed by atoms with Gasteiger partial charge in [-0.05, 0) is 42.5 Å². The predicted molar refractivity (Wildman–Crippen MR) is 137 cm³/mol. The van der Waals surface area contributed by atoms with Gasteiger partial charge in [0.05, 0.1) is 34.5 Å². The molecule has 2 aromatic heterocycles. The Labute approximate surface area is 209 Å². The minimum Gasteiger partial charge on any atom is -0.378 e. The van der Waals surface area contributed by atoms with E-state index in [-0.39, 0.29) is 22.6 Å². The molecule has 3 aromatic carbocycles. The summed E-state index contributed by atoms with van der Waals surface area (Å²) in [6.45, 7) is 1.83. The quantitative estimate of drug-likeness (QED) is 0.326. The number of nitrogens with zero attached hydrogens (tertiary/aromatic N) is 3. The third kappa shape index (κ3) is 4.16. The monoisotopic (exact) mass is 502 g/mol. The fourth-order valence-electron chi connectivity index (χ4n) is 4.39. The number of carbonyl (C=O) groups excluding carboxylic acids is 1. The molecule has 0 aliphatic carbocycles. The average molecular weight is 503 g/mol. The first-order chi connectivity index (χ1) is 17.6. The van der Waals surface area contributed by atoms with Crippen molar-refractivity contribution in [2.45, 2.75) is 0 Å². The standard InChI is InChI=1S/C27H20F2N4O2S/c28-21-11-16(27(34)33-7-9-35-10-8-33)1-3-18(21)19-13-20-23(5-6-30-24(20)14-22(19)29)32-17-2-4-26-25(12-17)31-15-36-26/h1-6,11-15H,7-10H2,(H,30,32). The highest BCUT2D eigenvalue weighted by molar-refractivity contribution is 7.16. The first-order valence-corrected chi connectivity index (χ1v) is 12.3. The number of nitrogens with one attached hydrogen (secondary N) is 1. The molecule has 0 saturated carbocycles. The van der Waals surface area contributed by atoms with Gasteiger partial charge in [-0.1, -0.05) is 6.07 Å². The number of thiazole rings is 1. The number of anilines is 2. The van der Waals surface area contributed by atoms with Crippen LogP contribution in [-0.4, -0.2) is 47.1 Å². The van der Waals surface area contributed by atoms with Crippen molar-refractivity contribution in [3.05, 3.63) is 83.5 Å². The van der Waals surface area contributed by atoms with Crippen LogP contribution in [0.3, 0.4) is 0 Å². The lowest BCUT2D eigenvalue weighted by Gasteiger charge is -2.27. The van der Waals surface area contributed by atoms with Crippen molar-refractivity contribution in [1.82, 2.24) is 14.9 Å². The van der Waals surface area contributed by atoms with Crippen LogP contribution in [0, 0.1) is 11.6 Å². The second kappa shape index (κ2) is 9.25. The van der Waals surface area contributed by atoms with E-state index in [0.29, 0.717) is 42.9 Å². The Bertz CT molecular complexity index is 1610. The lowest BCUT2D eigenvalue weighted by atomic mass is 9.99. The Morgan fingerprint density at radius 1 is 0.917 bits per heavy atom. The summed E-state index contributed by atoms with van der Waals surface area (Å²) in [5.41, 5.74) is 5.03. The van der Waals surface area contributed by atoms with Crippen LogP contribution in [0.4, 0.5) is 20.2 Å². The number of hydrogen-bond donors (Lipinski definition) is 1. The fraction of sp³-hybridized carbons (Fsp3) is 0.148. The molecule has 6 rings (SSSR count). The Morgan fingerprint density at radius 2 is 1.75 bits per heavy atom. The Kier molecular flexibility index (Phi) is 5.79. The molecule has 1 amide bonds. The number of ether oxygens (including phenoxy) is 1. The van der Waals surface area contributed by atoms with Crippen LogP contribution >= 0.6 is 11.3 Å². The summed E-state index contributed by atoms with van der Waals surface area (Å²) >= 11 is 1.56. The third-order valence-electron chi connectivity index (χ3n) is 6.24. The molecule has 1 saturated heterocycles. The van der Waals surface area contributed by atoms with Gasteiger partial charge in [-0.2, -0.15) is 0 Å². The van der Waals surface area contributed by atoms with E-state index >= 15 is 8.78 Å². The number of rotatable bonds is 4. The minimum atomic E-state index is -0.667. The zero-order chi connectivity index (χ0) is 24.6. The number of fused-ring (bicyclic) bond motifs is 2. The number of carbonyl (C=O) groups is 1. The summed E-state index contributed by atoms with van der Waals surface area (Å²) in [6.07, 6.45) is 1.60. The number of halogens is 2. The summed E-state index contributed by atoms with van der Waals surface area (Å²) in [6, 6.07) is 14.7. The van der Waals surface area contributed by atoms with Crippen LogP contribution in [0.5, 0.6) is 0 Å². The Morgan fingerprint density at radius 3 is 2.58 bits per heavy atom. The first kappa shape index (κ1) is 22.5. The average Bonchev–Trinajstić information content (AvgIpc) is 3.37. The van der Waals surface area contributed by atoms with Gasteiger partial charge in [0.25, 0.3) is 5.91 Å². The van der Waals surface area contributed by atoms with E-state index in [2.05, 4.69) is 15.3 Å². The Balaban J connectivity index is 1.36. The number of morpholine rings is 1. The second-order valence-corrected chi connectivity index (χ2v) is 9.35. The zero-order valence-electron chi connectivity index (χ0n) is 19.0. The highest BCUT2D eigenvalue weighted by Gasteiger charge is 2.21. The molecule has 9 heteroatoms. The van der Waals surface area contributed by atoms with Crippen LogP contribution in [-0.2, 0) is 4.74 Å². The molecule has 180 valence electrons. The largest absolute Gasteiger partial charge is 0.378 e. The molecular formula is C27H20F2N4O2S. The van der Waals surface area contributed by atoms with Gasteiger partial charge in [-0.3, -0.25) is 9.78 Å². The molecule has 0 unspecified atom stereocenters. The van der Waals surface area contributed by atoms with Crippen LogP contribution in [0.1, 0.15) is 10.4 Å². The van der Waals surface area contributed by atoms with E-state index in [1.54, 1.807) is 40.1 Å². The van der Waals surface area contributed by atoms with Crippen molar-refractivity contribution in [1.29, 1.82) is 0 Å². The molecule has 0 bridgehead atoms. The van der Waals surface area contributed by atoms with Gasteiger partial charge in [0, 0.05) is 58.8 Å². The van der Waals surface area contributed by atoms with Crippen LogP contribution in [0.2, 0.25) is 0 Å². The molecule has 36 heavy (non-hydrogen) atoms. The van der Waals surface area contributed by atoms with E-state index in [9.17, 15) is 4.79 Å². The smallest absolute Gasteiger partial charge is 0.254 e. The molecule has 3 heterocycles. The molecule has 5 aromatic rings. The lowest BCUT2D eigenvalue weighted by Crippen LogP contribution is -2.40. The molecule has 1 N–H and O–H groups in total. The van der Waals surface area contributed by atoms with E-state index in [1.807, 2.05) is 18.2 Å². The van der Waals surface area contributed by atoms with Crippen molar-refractivity contribution >= 4 is 49.7 Å². The summed E-state index contributed by atoms with van der Waals surface area (Å²) in [4.78, 5) is 23.0. The van der Waals surface area contributed by atoms with Crippen molar-refractivity contribution in [3.63, 3.8) is 0 Å². The van der Waals surface area contributed by atoms with Crippen LogP contribution in [0.25, 0.3) is 32.2 Å². The van der Waals surface area contributed by atoms with Crippen molar-refractivity contribution in [2.24, 2.45) is 0 Å². The molecule has 0 radical (unpaired) electrons. The molecular weight excluding hydrogens is 482 g/mol. The molecule has 6 nitrogen and oxygen atoms in total. The van der Waals surface area contributed by atoms with Gasteiger partial charge in [0.1, 0.15) is 11.6 Å². The SMILES string of the molecule is O=C(c1ccc(-c2cc3c(Nc4ccc5scnc5c4)ccnc3cc2F)c(F)c1)N1CCOCC1. The van der Waals surface area contributed by atoms with Gasteiger partial charge in [0.15, 0.2) is 0 Å². The highest BCUT2D eigenvalue weighted by Crippen LogP contribution is 2.34. The maximum Gasteiger partial charge on any atom is 0.254 e. The molecule has 1 aliphatic rings. The lowest BCUT2D eigenvalue weighted by molar-refractivity contribution is 0.0302. The van der Waals surface area contributed by atoms with Gasteiger partial charge in [0.2, 0.25) is 0 Å². The molecule has 1 aliphatic heterocycles. The number of hydrogen-bond acceptors (Lipinski definition) is 6. The molecule has 0 spiro atoms. The summed E-state index contributed by atoms with van der Waals surface area (Å²) in [5, 5.41) is 3.99. The molecule has 1 fully saturated rings. The summed E-state index contributed by atoms with van der Waals surface area (Å²) in [7, 11) is 0. The van der Waals surface area contributed by atoms with Crippen molar-refractivity contribution < 1.29 is 18.3 Å². The Hall–Kier alpha value is -3.95. The zero-order valence-corrected chi connectivity index (χ0v) is 19.8. The van der Waals surface area contributed by atoms with E-state index in [1.165, 1.54) is 24.3 Å². The topological polar surface area (TPSA) is 67.4 Å². The summed E-state index contributed by atoms with van der Waals surface area (Å²) in [5.74, 6) is -1.53. The second-order valence-electron chi connectivity index (χ2n) is 8.47. The number of pyridine rings is 1. The fourth-order valence-corrected chi connectivity index (χ4v) is 5.05. The first-order valence-electron chi connectivity index (χ1n) is 11.4. The predicted octanol–water partition coefficient (Wildman–Crippen LogP) is 6.01. The van der Waals surface area contributed by atoms with Gasteiger partial charge in [-0.25, -0.2) is 13.8 Å². The number of benzene rings is 3. The highest BCUT2D eigenvalue weighted by atomic mass is 32.1. The van der Waals surface area contributed by atoms with Crippen LogP contribution < -0.4 is 5.32 Å². The summed E-state index contributed by atoms with van der Waals surface area (Å²) < 4.78 is 36.7. The van der Waals surface area contributed by atoms with E-state index in [0.717, 1.165) is 15.9 Å². The minimum absolute atomic E-state index is 0.0756. The van der Waals surface area contributed by atoms with E-state index < -0.39 is 11.6 Å². The maximum atomic E-state index is 15.2. The van der Waals surface area contributed by atoms with Gasteiger partial charge in [-0.15, -0.1) is 11.3 Å². The van der Waals surface area contributed by atoms with Gasteiger partial charge < -0.3 is 15.0 Å². The normalized spacial score (nSPS) is 13.9. The van der Waals surface area contributed by atoms with Crippen molar-refractivity contribution in [2.75, 3.05) is 31.6 Å². The number of aromatic nitrogens is 2. The van der Waals surface area contributed by atoms with Gasteiger partial charge >= 0.3 is 0 Å². The molecule has 0 atom stereocenters.